The maximum atomic E-state index is 13.8. The summed E-state index contributed by atoms with van der Waals surface area (Å²) in [6.07, 6.45) is -10.4. The van der Waals surface area contributed by atoms with Gasteiger partial charge in [-0.15, -0.1) is 0 Å². The van der Waals surface area contributed by atoms with Gasteiger partial charge in [-0.25, -0.2) is 9.79 Å². The smallest absolute Gasteiger partial charge is 0.460 e. The van der Waals surface area contributed by atoms with Crippen molar-refractivity contribution in [2.75, 3.05) is 0 Å². The van der Waals surface area contributed by atoms with E-state index >= 15 is 0 Å². The van der Waals surface area contributed by atoms with Gasteiger partial charge < -0.3 is 24.3 Å². The molecule has 1 heterocycles. The number of halogens is 3. The number of nitrogens with one attached hydrogen (secondary N) is 1. The van der Waals surface area contributed by atoms with Crippen molar-refractivity contribution in [1.29, 1.82) is 0 Å². The van der Waals surface area contributed by atoms with Crippen LogP contribution in [-0.2, 0) is 30.3 Å². The molecule has 0 aliphatic carbocycles. The number of nitrogens with zero attached hydrogens (tertiary/aromatic N) is 4. The third-order valence-corrected chi connectivity index (χ3v) is 5.27. The Morgan fingerprint density at radius 3 is 2.29 bits per heavy atom. The van der Waals surface area contributed by atoms with Crippen molar-refractivity contribution in [3.8, 4) is 0 Å². The van der Waals surface area contributed by atoms with Crippen molar-refractivity contribution < 1.29 is 41.7 Å². The van der Waals surface area contributed by atoms with Crippen LogP contribution in [0.3, 0.4) is 0 Å². The number of esters is 1. The fourth-order valence-corrected chi connectivity index (χ4v) is 3.61. The number of aliphatic imine (C=N–C) groups is 1. The molecule has 1 unspecified atom stereocenters. The van der Waals surface area contributed by atoms with Crippen LogP contribution in [0.25, 0.3) is 10.4 Å². The van der Waals surface area contributed by atoms with Crippen LogP contribution in [0.1, 0.15) is 19.4 Å². The van der Waals surface area contributed by atoms with Crippen molar-refractivity contribution >= 4 is 23.6 Å². The number of benzene rings is 2. The highest BCUT2D eigenvalue weighted by molar-refractivity contribution is 5.84. The lowest BCUT2D eigenvalue weighted by atomic mass is 9.95. The van der Waals surface area contributed by atoms with Crippen LogP contribution in [-0.4, -0.2) is 54.7 Å². The van der Waals surface area contributed by atoms with Gasteiger partial charge in [-0.1, -0.05) is 53.6 Å². The van der Waals surface area contributed by atoms with Crippen molar-refractivity contribution in [2.45, 2.75) is 57.2 Å². The second-order valence-corrected chi connectivity index (χ2v) is 8.08. The molecular formula is C24H24F3N5O6. The Balaban J connectivity index is 1.85. The summed E-state index contributed by atoms with van der Waals surface area (Å²) in [6.45, 7) is 2.37. The van der Waals surface area contributed by atoms with Crippen LogP contribution in [0.15, 0.2) is 70.8 Å². The maximum Gasteiger partial charge on any atom is 0.468 e. The largest absolute Gasteiger partial charge is 0.468 e. The molecule has 5 atom stereocenters. The second kappa shape index (κ2) is 12.8. The molecule has 0 spiro atoms. The monoisotopic (exact) mass is 535 g/mol. The third kappa shape index (κ3) is 7.85. The first kappa shape index (κ1) is 28.3. The molecule has 0 bridgehead atoms. The summed E-state index contributed by atoms with van der Waals surface area (Å²) in [5, 5.41) is 5.94. The first-order chi connectivity index (χ1) is 18.1. The molecule has 38 heavy (non-hydrogen) atoms. The Kier molecular flexibility index (Phi) is 9.52. The average molecular weight is 535 g/mol. The van der Waals surface area contributed by atoms with E-state index in [0.717, 1.165) is 6.92 Å². The van der Waals surface area contributed by atoms with Crippen molar-refractivity contribution in [1.82, 2.24) is 5.32 Å². The summed E-state index contributed by atoms with van der Waals surface area (Å²) >= 11 is 0. The van der Waals surface area contributed by atoms with E-state index in [1.165, 1.54) is 31.2 Å². The molecule has 1 aliphatic rings. The van der Waals surface area contributed by atoms with Crippen molar-refractivity contribution in [2.24, 2.45) is 10.1 Å². The highest BCUT2D eigenvalue weighted by atomic mass is 19.4. The van der Waals surface area contributed by atoms with Gasteiger partial charge in [-0.3, -0.25) is 4.79 Å². The van der Waals surface area contributed by atoms with Gasteiger partial charge in [0, 0.05) is 11.8 Å². The van der Waals surface area contributed by atoms with E-state index in [1.54, 1.807) is 36.4 Å². The zero-order chi connectivity index (χ0) is 27.7. The van der Waals surface area contributed by atoms with Gasteiger partial charge in [0.25, 0.3) is 5.90 Å². The zero-order valence-corrected chi connectivity index (χ0v) is 20.2. The number of rotatable bonds is 7. The number of carbonyl (C=O) groups is 2. The van der Waals surface area contributed by atoms with Gasteiger partial charge >= 0.3 is 18.2 Å². The zero-order valence-electron chi connectivity index (χ0n) is 20.2. The number of para-hydroxylation sites is 1. The first-order valence-corrected chi connectivity index (χ1v) is 11.3. The molecule has 1 saturated heterocycles. The van der Waals surface area contributed by atoms with E-state index in [-0.39, 0.29) is 12.3 Å². The molecule has 1 fully saturated rings. The lowest BCUT2D eigenvalue weighted by Gasteiger charge is -2.43. The van der Waals surface area contributed by atoms with Gasteiger partial charge in [0.2, 0.25) is 6.29 Å². The normalized spacial score (nSPS) is 23.5. The van der Waals surface area contributed by atoms with Crippen LogP contribution in [0.5, 0.6) is 0 Å². The summed E-state index contributed by atoms with van der Waals surface area (Å²) in [6, 6.07) is 13.2. The minimum Gasteiger partial charge on any atom is -0.460 e. The number of hydrogen-bond acceptors (Lipinski definition) is 8. The van der Waals surface area contributed by atoms with Crippen LogP contribution >= 0.6 is 0 Å². The van der Waals surface area contributed by atoms with Gasteiger partial charge in [0.05, 0.1) is 17.8 Å². The Labute approximate surface area is 215 Å². The summed E-state index contributed by atoms with van der Waals surface area (Å²) in [7, 11) is 0. The fourth-order valence-electron chi connectivity index (χ4n) is 3.61. The predicted molar refractivity (Wildman–Crippen MR) is 127 cm³/mol. The SMILES string of the molecule is CC(=O)O[C@H]1[C@@H](NC(=O)OCc2ccccc2)[C@@H](C)OC(OC(=Nc2ccccc2)C(F)(F)F)[C@@H]1N=[N+]=[N-]. The highest BCUT2D eigenvalue weighted by Gasteiger charge is 2.51. The molecule has 0 radical (unpaired) electrons. The van der Waals surface area contributed by atoms with Crippen LogP contribution in [0.2, 0.25) is 0 Å². The average Bonchev–Trinajstić information content (AvgIpc) is 2.87. The molecule has 0 aromatic heterocycles. The molecule has 2 aromatic carbocycles. The minimum atomic E-state index is -5.05. The Morgan fingerprint density at radius 1 is 1.08 bits per heavy atom. The molecule has 2 aromatic rings. The third-order valence-electron chi connectivity index (χ3n) is 5.27. The van der Waals surface area contributed by atoms with E-state index in [9.17, 15) is 22.8 Å². The minimum absolute atomic E-state index is 0.0544. The predicted octanol–water partition coefficient (Wildman–Crippen LogP) is 4.95. The van der Waals surface area contributed by atoms with E-state index < -0.39 is 54.7 Å². The number of alkyl halides is 3. The summed E-state index contributed by atoms with van der Waals surface area (Å²) in [5.74, 6) is -2.52. The molecule has 1 amide bonds. The quantitative estimate of drug-likeness (QED) is 0.133. The lowest BCUT2D eigenvalue weighted by Crippen LogP contribution is -2.64. The molecule has 1 N–H and O–H groups in total. The molecular weight excluding hydrogens is 511 g/mol. The van der Waals surface area contributed by atoms with Gasteiger partial charge in [0.1, 0.15) is 18.8 Å². The number of amides is 1. The molecule has 11 nitrogen and oxygen atoms in total. The van der Waals surface area contributed by atoms with E-state index in [1.807, 2.05) is 0 Å². The second-order valence-electron chi connectivity index (χ2n) is 8.08. The first-order valence-electron chi connectivity index (χ1n) is 11.3. The Bertz CT molecular complexity index is 1180. The van der Waals surface area contributed by atoms with Crippen LogP contribution < -0.4 is 5.32 Å². The standard InChI is InChI=1S/C24H24F3N5O6/c1-14-18(30-23(34)35-13-16-9-5-3-6-10-16)20(37-15(2)33)19(31-32-28)21(36-14)38-22(24(25,26)27)29-17-11-7-4-8-12-17/h3-12,14,18-21H,13H2,1-2H3,(H,30,34)/t14-,18+,19-,20+,21?/m1/s1. The number of azide groups is 1. The van der Waals surface area contributed by atoms with E-state index in [4.69, 9.17) is 24.5 Å². The van der Waals surface area contributed by atoms with Gasteiger partial charge in [-0.05, 0) is 30.2 Å². The molecule has 1 aliphatic heterocycles. The molecule has 202 valence electrons. The molecule has 3 rings (SSSR count). The maximum absolute atomic E-state index is 13.8. The van der Waals surface area contributed by atoms with E-state index in [0.29, 0.717) is 5.56 Å². The Morgan fingerprint density at radius 2 is 1.71 bits per heavy atom. The molecule has 14 heteroatoms. The summed E-state index contributed by atoms with van der Waals surface area (Å²) < 4.78 is 62.4. The number of hydrogen-bond donors (Lipinski definition) is 1. The lowest BCUT2D eigenvalue weighted by molar-refractivity contribution is -0.218. The Hall–Kier alpha value is -4.29. The van der Waals surface area contributed by atoms with Crippen LogP contribution in [0.4, 0.5) is 23.7 Å². The van der Waals surface area contributed by atoms with Gasteiger partial charge in [0.15, 0.2) is 0 Å². The highest BCUT2D eigenvalue weighted by Crippen LogP contribution is 2.31. The van der Waals surface area contributed by atoms with Crippen LogP contribution in [0, 0.1) is 0 Å². The molecule has 0 saturated carbocycles. The topological polar surface area (TPSA) is 144 Å². The van der Waals surface area contributed by atoms with Crippen molar-refractivity contribution in [3.63, 3.8) is 0 Å². The van der Waals surface area contributed by atoms with Gasteiger partial charge in [-0.2, -0.15) is 13.2 Å². The fraction of sp³-hybridized carbons (Fsp3) is 0.375. The number of ether oxygens (including phenoxy) is 4. The van der Waals surface area contributed by atoms with E-state index in [2.05, 4.69) is 20.3 Å². The summed E-state index contributed by atoms with van der Waals surface area (Å²) in [4.78, 5) is 30.5. The number of alkyl carbamates (subject to hydrolysis) is 1. The van der Waals surface area contributed by atoms with Crippen molar-refractivity contribution in [3.05, 3.63) is 76.7 Å². The summed E-state index contributed by atoms with van der Waals surface area (Å²) in [5.41, 5.74) is 9.75. The number of carbonyl (C=O) groups excluding carboxylic acids is 2.